The van der Waals surface area contributed by atoms with Crippen molar-refractivity contribution in [3.05, 3.63) is 0 Å². The van der Waals surface area contributed by atoms with E-state index in [0.717, 1.165) is 13.1 Å². The molecule has 0 unspecified atom stereocenters. The Morgan fingerprint density at radius 3 is 2.50 bits per heavy atom. The topological polar surface area (TPSA) is 41.3 Å². The first-order chi connectivity index (χ1) is 4.93. The van der Waals surface area contributed by atoms with Gasteiger partial charge in [-0.2, -0.15) is 0 Å². The maximum Gasteiger partial charge on any atom is 0.0225 e. The van der Waals surface area contributed by atoms with E-state index in [0.29, 0.717) is 0 Å². The molecule has 1 saturated heterocycles. The lowest BCUT2D eigenvalue weighted by Gasteiger charge is -2.26. The van der Waals surface area contributed by atoms with Crippen LogP contribution in [0, 0.1) is 0 Å². The normalized spacial score (nSPS) is 21.3. The van der Waals surface area contributed by atoms with E-state index in [-0.39, 0.29) is 0 Å². The number of rotatable bonds is 3. The Kier molecular flexibility index (Phi) is 3.72. The zero-order valence-corrected chi connectivity index (χ0v) is 6.47. The molecule has 0 aliphatic carbocycles. The molecule has 0 aromatic carbocycles. The molecule has 0 bridgehead atoms. The number of nitrogens with one attached hydrogen (secondary N) is 1. The molecule has 3 N–H and O–H groups in total. The van der Waals surface area contributed by atoms with E-state index in [2.05, 4.69) is 10.4 Å². The molecule has 0 aromatic heterocycles. The molecule has 3 heteroatoms. The van der Waals surface area contributed by atoms with Crippen LogP contribution >= 0.6 is 0 Å². The predicted octanol–water partition coefficient (Wildman–Crippen LogP) is -0.0644. The molecule has 3 nitrogen and oxygen atoms in total. The monoisotopic (exact) mass is 143 g/mol. The van der Waals surface area contributed by atoms with Crippen LogP contribution < -0.4 is 11.2 Å². The van der Waals surface area contributed by atoms with Crippen LogP contribution in [-0.4, -0.2) is 31.2 Å². The minimum atomic E-state index is 0.733. The summed E-state index contributed by atoms with van der Waals surface area (Å²) in [6.07, 6.45) is 4.05. The van der Waals surface area contributed by atoms with Crippen LogP contribution in [-0.2, 0) is 0 Å². The fourth-order valence-corrected chi connectivity index (χ4v) is 1.27. The first-order valence-corrected chi connectivity index (χ1v) is 4.12. The lowest BCUT2D eigenvalue weighted by atomic mass is 10.2. The van der Waals surface area contributed by atoms with Gasteiger partial charge in [0.25, 0.3) is 0 Å². The van der Waals surface area contributed by atoms with Crippen molar-refractivity contribution in [3.8, 4) is 0 Å². The highest BCUT2D eigenvalue weighted by Gasteiger charge is 2.07. The van der Waals surface area contributed by atoms with Gasteiger partial charge >= 0.3 is 0 Å². The molecular formula is C7H17N3. The van der Waals surface area contributed by atoms with Crippen molar-refractivity contribution >= 4 is 0 Å². The number of nitrogens with two attached hydrogens (primary N) is 1. The SMILES string of the molecule is NCCNN1CCCCC1. The molecule has 60 valence electrons. The molecule has 0 atom stereocenters. The average molecular weight is 143 g/mol. The van der Waals surface area contributed by atoms with Crippen molar-refractivity contribution in [2.45, 2.75) is 19.3 Å². The second kappa shape index (κ2) is 4.66. The molecular weight excluding hydrogens is 126 g/mol. The Morgan fingerprint density at radius 1 is 1.20 bits per heavy atom. The second-order valence-corrected chi connectivity index (χ2v) is 2.74. The summed E-state index contributed by atoms with van der Waals surface area (Å²) in [6.45, 7) is 4.04. The number of hydrogen-bond acceptors (Lipinski definition) is 3. The predicted molar refractivity (Wildman–Crippen MR) is 42.5 cm³/mol. The van der Waals surface area contributed by atoms with E-state index in [4.69, 9.17) is 5.73 Å². The summed E-state index contributed by atoms with van der Waals surface area (Å²) in [5.41, 5.74) is 8.64. The Morgan fingerprint density at radius 2 is 1.90 bits per heavy atom. The van der Waals surface area contributed by atoms with Crippen LogP contribution in [0.5, 0.6) is 0 Å². The molecule has 0 aromatic rings. The molecule has 0 amide bonds. The van der Waals surface area contributed by atoms with Crippen molar-refractivity contribution < 1.29 is 0 Å². The van der Waals surface area contributed by atoms with Gasteiger partial charge in [-0.25, -0.2) is 5.01 Å². The van der Waals surface area contributed by atoms with Crippen LogP contribution in [0.1, 0.15) is 19.3 Å². The van der Waals surface area contributed by atoms with Crippen molar-refractivity contribution in [2.24, 2.45) is 5.73 Å². The maximum atomic E-state index is 5.36. The van der Waals surface area contributed by atoms with Crippen LogP contribution in [0.25, 0.3) is 0 Å². The summed E-state index contributed by atoms with van der Waals surface area (Å²) in [6, 6.07) is 0. The van der Waals surface area contributed by atoms with Crippen LogP contribution in [0.2, 0.25) is 0 Å². The van der Waals surface area contributed by atoms with Gasteiger partial charge in [-0.3, -0.25) is 5.43 Å². The minimum absolute atomic E-state index is 0.733. The molecule has 0 saturated carbocycles. The lowest BCUT2D eigenvalue weighted by Crippen LogP contribution is -2.43. The van der Waals surface area contributed by atoms with E-state index < -0.39 is 0 Å². The molecule has 0 spiro atoms. The number of hydrazine groups is 1. The largest absolute Gasteiger partial charge is 0.329 e. The van der Waals surface area contributed by atoms with E-state index in [1.54, 1.807) is 0 Å². The standard InChI is InChI=1S/C7H17N3/c8-4-5-9-10-6-2-1-3-7-10/h9H,1-8H2. The Hall–Kier alpha value is -0.120. The van der Waals surface area contributed by atoms with Crippen molar-refractivity contribution in [3.63, 3.8) is 0 Å². The molecule has 1 heterocycles. The van der Waals surface area contributed by atoms with Crippen molar-refractivity contribution in [1.29, 1.82) is 0 Å². The molecule has 1 aliphatic rings. The first-order valence-electron chi connectivity index (χ1n) is 4.12. The maximum absolute atomic E-state index is 5.36. The third-order valence-corrected chi connectivity index (χ3v) is 1.84. The van der Waals surface area contributed by atoms with Crippen LogP contribution in [0.15, 0.2) is 0 Å². The zero-order chi connectivity index (χ0) is 7.23. The second-order valence-electron chi connectivity index (χ2n) is 2.74. The van der Waals surface area contributed by atoms with E-state index >= 15 is 0 Å². The summed E-state index contributed by atoms with van der Waals surface area (Å²) >= 11 is 0. The smallest absolute Gasteiger partial charge is 0.0225 e. The third kappa shape index (κ3) is 2.64. The number of piperidine rings is 1. The molecule has 0 radical (unpaired) electrons. The Bertz CT molecular complexity index is 78.9. The molecule has 10 heavy (non-hydrogen) atoms. The first kappa shape index (κ1) is 7.98. The molecule has 1 rings (SSSR count). The van der Waals surface area contributed by atoms with Gasteiger partial charge in [-0.15, -0.1) is 0 Å². The quantitative estimate of drug-likeness (QED) is 0.581. The number of hydrogen-bond donors (Lipinski definition) is 2. The average Bonchev–Trinajstić information content (AvgIpc) is 2.03. The third-order valence-electron chi connectivity index (χ3n) is 1.84. The van der Waals surface area contributed by atoms with Gasteiger partial charge in [-0.05, 0) is 12.8 Å². The van der Waals surface area contributed by atoms with Gasteiger partial charge in [0, 0.05) is 26.2 Å². The Balaban J connectivity index is 2.02. The Labute approximate surface area is 62.5 Å². The highest BCUT2D eigenvalue weighted by Crippen LogP contribution is 2.04. The van der Waals surface area contributed by atoms with Gasteiger partial charge in [-0.1, -0.05) is 6.42 Å². The summed E-state index contributed by atoms with van der Waals surface area (Å²) in [5, 5.41) is 2.27. The highest BCUT2D eigenvalue weighted by molar-refractivity contribution is 4.60. The van der Waals surface area contributed by atoms with E-state index in [9.17, 15) is 0 Å². The fourth-order valence-electron chi connectivity index (χ4n) is 1.27. The van der Waals surface area contributed by atoms with Gasteiger partial charge in [0.15, 0.2) is 0 Å². The van der Waals surface area contributed by atoms with Gasteiger partial charge in [0.2, 0.25) is 0 Å². The van der Waals surface area contributed by atoms with Crippen molar-refractivity contribution in [1.82, 2.24) is 10.4 Å². The van der Waals surface area contributed by atoms with E-state index in [1.165, 1.54) is 32.4 Å². The summed E-state index contributed by atoms with van der Waals surface area (Å²) < 4.78 is 0. The van der Waals surface area contributed by atoms with Crippen LogP contribution in [0.3, 0.4) is 0 Å². The summed E-state index contributed by atoms with van der Waals surface area (Å²) in [5.74, 6) is 0. The van der Waals surface area contributed by atoms with Gasteiger partial charge in [0.05, 0.1) is 0 Å². The highest BCUT2D eigenvalue weighted by atomic mass is 15.5. The van der Waals surface area contributed by atoms with Gasteiger partial charge in [0.1, 0.15) is 0 Å². The number of nitrogens with zero attached hydrogens (tertiary/aromatic N) is 1. The minimum Gasteiger partial charge on any atom is -0.329 e. The summed E-state index contributed by atoms with van der Waals surface area (Å²) in [4.78, 5) is 0. The zero-order valence-electron chi connectivity index (χ0n) is 6.47. The fraction of sp³-hybridized carbons (Fsp3) is 1.00. The van der Waals surface area contributed by atoms with Crippen LogP contribution in [0.4, 0.5) is 0 Å². The van der Waals surface area contributed by atoms with E-state index in [1.807, 2.05) is 0 Å². The molecule has 1 aliphatic heterocycles. The summed E-state index contributed by atoms with van der Waals surface area (Å²) in [7, 11) is 0. The van der Waals surface area contributed by atoms with Crippen molar-refractivity contribution in [2.75, 3.05) is 26.2 Å². The van der Waals surface area contributed by atoms with Gasteiger partial charge < -0.3 is 5.73 Å². The lowest BCUT2D eigenvalue weighted by molar-refractivity contribution is 0.157. The molecule has 1 fully saturated rings.